The molecule has 1 aromatic carbocycles. The summed E-state index contributed by atoms with van der Waals surface area (Å²) in [5, 5.41) is 3.03. The summed E-state index contributed by atoms with van der Waals surface area (Å²) in [6.07, 6.45) is 1.08. The second-order valence-electron chi connectivity index (χ2n) is 6.80. The Hall–Kier alpha value is -1.70. The second kappa shape index (κ2) is 7.50. The van der Waals surface area contributed by atoms with E-state index in [9.17, 15) is 13.2 Å². The van der Waals surface area contributed by atoms with Crippen LogP contribution in [0.4, 0.5) is 5.69 Å². The van der Waals surface area contributed by atoms with Gasteiger partial charge in [-0.1, -0.05) is 18.2 Å². The van der Waals surface area contributed by atoms with Crippen molar-refractivity contribution in [1.82, 2.24) is 4.31 Å². The molecule has 1 amide bonds. The minimum absolute atomic E-state index is 0.0218. The number of aryl methyl sites for hydroxylation is 3. The van der Waals surface area contributed by atoms with Crippen LogP contribution in [0, 0.1) is 26.7 Å². The van der Waals surface area contributed by atoms with Crippen molar-refractivity contribution >= 4 is 33.0 Å². The first kappa shape index (κ1) is 19.1. The maximum atomic E-state index is 12.7. The Kier molecular flexibility index (Phi) is 5.50. The number of hydrogen-bond donors (Lipinski definition) is 1. The van der Waals surface area contributed by atoms with Gasteiger partial charge < -0.3 is 5.32 Å². The Bertz CT molecular complexity index is 890. The zero-order valence-corrected chi connectivity index (χ0v) is 16.9. The van der Waals surface area contributed by atoms with Crippen LogP contribution in [0.15, 0.2) is 34.5 Å². The van der Waals surface area contributed by atoms with Gasteiger partial charge in [0.1, 0.15) is 4.21 Å². The third-order valence-corrected chi connectivity index (χ3v) is 8.23. The molecule has 1 fully saturated rings. The van der Waals surface area contributed by atoms with Gasteiger partial charge in [-0.3, -0.25) is 4.79 Å². The van der Waals surface area contributed by atoms with Crippen LogP contribution >= 0.6 is 11.3 Å². The van der Waals surface area contributed by atoms with Crippen molar-refractivity contribution in [2.24, 2.45) is 5.92 Å². The number of carbonyl (C=O) groups is 1. The normalized spacial score (nSPS) is 16.6. The van der Waals surface area contributed by atoms with Gasteiger partial charge >= 0.3 is 0 Å². The number of nitrogens with one attached hydrogen (secondary N) is 1. The molecule has 2 heterocycles. The number of amides is 1. The highest BCUT2D eigenvalue weighted by atomic mass is 32.2. The first-order valence-electron chi connectivity index (χ1n) is 8.72. The Labute approximate surface area is 159 Å². The molecule has 2 aromatic rings. The van der Waals surface area contributed by atoms with E-state index in [0.717, 1.165) is 21.7 Å². The van der Waals surface area contributed by atoms with Gasteiger partial charge in [0.05, 0.1) is 0 Å². The van der Waals surface area contributed by atoms with Crippen LogP contribution < -0.4 is 5.32 Å². The second-order valence-corrected chi connectivity index (χ2v) is 10.3. The SMILES string of the molecule is Cc1ccc(S(=O)(=O)N2CCC(C(=O)Nc3c(C)cccc3C)CC2)s1. The average molecular weight is 393 g/mol. The number of nitrogens with zero attached hydrogens (tertiary/aromatic N) is 1. The highest BCUT2D eigenvalue weighted by Gasteiger charge is 2.33. The van der Waals surface area contributed by atoms with Crippen molar-refractivity contribution in [2.45, 2.75) is 37.8 Å². The monoisotopic (exact) mass is 392 g/mol. The molecule has 26 heavy (non-hydrogen) atoms. The first-order chi connectivity index (χ1) is 12.3. The van der Waals surface area contributed by atoms with E-state index in [4.69, 9.17) is 0 Å². The minimum Gasteiger partial charge on any atom is -0.325 e. The van der Waals surface area contributed by atoms with E-state index in [2.05, 4.69) is 5.32 Å². The molecule has 0 saturated carbocycles. The molecular weight excluding hydrogens is 368 g/mol. The predicted octanol–water partition coefficient (Wildman–Crippen LogP) is 3.71. The maximum Gasteiger partial charge on any atom is 0.252 e. The lowest BCUT2D eigenvalue weighted by molar-refractivity contribution is -0.120. The van der Waals surface area contributed by atoms with Crippen LogP contribution in [0.3, 0.4) is 0 Å². The molecule has 7 heteroatoms. The highest BCUT2D eigenvalue weighted by Crippen LogP contribution is 2.29. The Morgan fingerprint density at radius 1 is 1.08 bits per heavy atom. The summed E-state index contributed by atoms with van der Waals surface area (Å²) in [4.78, 5) is 13.6. The number of carbonyl (C=O) groups excluding carboxylic acids is 1. The number of rotatable bonds is 4. The predicted molar refractivity (Wildman–Crippen MR) is 105 cm³/mol. The Morgan fingerprint density at radius 3 is 2.23 bits per heavy atom. The standard InChI is InChI=1S/C19H24N2O3S2/c1-13-5-4-6-14(2)18(13)20-19(22)16-9-11-21(12-10-16)26(23,24)17-8-7-15(3)25-17/h4-8,16H,9-12H2,1-3H3,(H,20,22). The molecule has 1 saturated heterocycles. The van der Waals surface area contributed by atoms with E-state index in [1.165, 1.54) is 15.6 Å². The molecule has 0 aliphatic carbocycles. The summed E-state index contributed by atoms with van der Waals surface area (Å²) in [6, 6.07) is 9.40. The molecule has 1 N–H and O–H groups in total. The fourth-order valence-corrected chi connectivity index (χ4v) is 6.18. The molecule has 3 rings (SSSR count). The number of sulfonamides is 1. The number of thiophene rings is 1. The molecule has 0 spiro atoms. The van der Waals surface area contributed by atoms with E-state index in [1.54, 1.807) is 6.07 Å². The largest absolute Gasteiger partial charge is 0.325 e. The van der Waals surface area contributed by atoms with Gasteiger partial charge in [0.15, 0.2) is 0 Å². The van der Waals surface area contributed by atoms with Crippen molar-refractivity contribution in [2.75, 3.05) is 18.4 Å². The quantitative estimate of drug-likeness (QED) is 0.862. The molecule has 1 aliphatic rings. The maximum absolute atomic E-state index is 12.7. The fraction of sp³-hybridized carbons (Fsp3) is 0.421. The van der Waals surface area contributed by atoms with Crippen molar-refractivity contribution in [3.8, 4) is 0 Å². The lowest BCUT2D eigenvalue weighted by Crippen LogP contribution is -2.41. The smallest absolute Gasteiger partial charge is 0.252 e. The minimum atomic E-state index is -3.44. The Morgan fingerprint density at radius 2 is 1.69 bits per heavy atom. The highest BCUT2D eigenvalue weighted by molar-refractivity contribution is 7.91. The Balaban J connectivity index is 1.64. The van der Waals surface area contributed by atoms with Crippen molar-refractivity contribution in [3.63, 3.8) is 0 Å². The van der Waals surface area contributed by atoms with E-state index in [-0.39, 0.29) is 11.8 Å². The third kappa shape index (κ3) is 3.84. The third-order valence-electron chi connectivity index (χ3n) is 4.86. The van der Waals surface area contributed by atoms with E-state index in [1.807, 2.05) is 45.0 Å². The van der Waals surface area contributed by atoms with Crippen molar-refractivity contribution < 1.29 is 13.2 Å². The number of benzene rings is 1. The molecular formula is C19H24N2O3S2. The lowest BCUT2D eigenvalue weighted by Gasteiger charge is -2.30. The zero-order chi connectivity index (χ0) is 18.9. The summed E-state index contributed by atoms with van der Waals surface area (Å²) in [7, 11) is -3.44. The van der Waals surface area contributed by atoms with E-state index >= 15 is 0 Å². The first-order valence-corrected chi connectivity index (χ1v) is 11.0. The van der Waals surface area contributed by atoms with Crippen LogP contribution in [0.2, 0.25) is 0 Å². The fourth-order valence-electron chi connectivity index (χ4n) is 3.27. The van der Waals surface area contributed by atoms with Gasteiger partial charge in [0.2, 0.25) is 5.91 Å². The molecule has 0 atom stereocenters. The van der Waals surface area contributed by atoms with Gasteiger partial charge in [-0.05, 0) is 56.9 Å². The van der Waals surface area contributed by atoms with Crippen LogP contribution in [0.25, 0.3) is 0 Å². The molecule has 1 aliphatic heterocycles. The molecule has 140 valence electrons. The molecule has 0 unspecified atom stereocenters. The van der Waals surface area contributed by atoms with E-state index < -0.39 is 10.0 Å². The summed E-state index contributed by atoms with van der Waals surface area (Å²) in [5.41, 5.74) is 2.93. The average Bonchev–Trinajstić information content (AvgIpc) is 3.05. The van der Waals surface area contributed by atoms with Gasteiger partial charge in [0, 0.05) is 29.6 Å². The number of piperidine rings is 1. The summed E-state index contributed by atoms with van der Waals surface area (Å²) in [5.74, 6) is -0.183. The van der Waals surface area contributed by atoms with Gasteiger partial charge in [-0.2, -0.15) is 4.31 Å². The van der Waals surface area contributed by atoms with Crippen LogP contribution in [0.1, 0.15) is 28.8 Å². The molecule has 1 aromatic heterocycles. The van der Waals surface area contributed by atoms with Gasteiger partial charge in [0.25, 0.3) is 10.0 Å². The summed E-state index contributed by atoms with van der Waals surface area (Å²) < 4.78 is 27.3. The topological polar surface area (TPSA) is 66.5 Å². The zero-order valence-electron chi connectivity index (χ0n) is 15.3. The van der Waals surface area contributed by atoms with Crippen LogP contribution in [0.5, 0.6) is 0 Å². The summed E-state index contributed by atoms with van der Waals surface area (Å²) >= 11 is 1.29. The van der Waals surface area contributed by atoms with E-state index in [0.29, 0.717) is 30.1 Å². The van der Waals surface area contributed by atoms with Gasteiger partial charge in [-0.15, -0.1) is 11.3 Å². The number of anilines is 1. The van der Waals surface area contributed by atoms with Crippen LogP contribution in [-0.2, 0) is 14.8 Å². The van der Waals surface area contributed by atoms with Crippen molar-refractivity contribution in [1.29, 1.82) is 0 Å². The van der Waals surface area contributed by atoms with Crippen LogP contribution in [-0.4, -0.2) is 31.7 Å². The van der Waals surface area contributed by atoms with Gasteiger partial charge in [-0.25, -0.2) is 8.42 Å². The molecule has 0 bridgehead atoms. The van der Waals surface area contributed by atoms with Crippen molar-refractivity contribution in [3.05, 3.63) is 46.3 Å². The molecule has 5 nitrogen and oxygen atoms in total. The lowest BCUT2D eigenvalue weighted by atomic mass is 9.96. The number of hydrogen-bond acceptors (Lipinski definition) is 4. The summed E-state index contributed by atoms with van der Waals surface area (Å²) in [6.45, 7) is 6.60. The number of para-hydroxylation sites is 1. The molecule has 0 radical (unpaired) electrons.